The van der Waals surface area contributed by atoms with E-state index in [1.165, 1.54) is 13.2 Å². The van der Waals surface area contributed by atoms with Gasteiger partial charge in [0.25, 0.3) is 0 Å². The van der Waals surface area contributed by atoms with E-state index in [0.29, 0.717) is 16.5 Å². The van der Waals surface area contributed by atoms with Gasteiger partial charge < -0.3 is 9.72 Å². The number of para-hydroxylation sites is 3. The fraction of sp³-hybridized carbons (Fsp3) is 0.0500. The van der Waals surface area contributed by atoms with E-state index in [-0.39, 0.29) is 0 Å². The van der Waals surface area contributed by atoms with E-state index in [1.54, 1.807) is 6.08 Å². The second-order valence-corrected chi connectivity index (χ2v) is 6.03. The number of nitrogens with zero attached hydrogens (tertiary/aromatic N) is 2. The van der Waals surface area contributed by atoms with Crippen LogP contribution in [-0.4, -0.2) is 28.0 Å². The third-order valence-corrected chi connectivity index (χ3v) is 4.35. The first-order valence-electron chi connectivity index (χ1n) is 7.97. The van der Waals surface area contributed by atoms with Crippen LogP contribution in [0.15, 0.2) is 54.6 Å². The molecular weight excluding hydrogens is 350 g/mol. The Morgan fingerprint density at radius 3 is 2.54 bits per heavy atom. The lowest BCUT2D eigenvalue weighted by Gasteiger charge is -2.06. The molecule has 0 atom stereocenters. The van der Waals surface area contributed by atoms with Crippen LogP contribution in [0, 0.1) is 0 Å². The highest BCUT2D eigenvalue weighted by Crippen LogP contribution is 2.36. The molecule has 0 spiro atoms. The van der Waals surface area contributed by atoms with E-state index < -0.39 is 5.97 Å². The second-order valence-electron chi connectivity index (χ2n) is 5.67. The molecule has 0 saturated heterocycles. The summed E-state index contributed by atoms with van der Waals surface area (Å²) in [5.74, 6) is -0.440. The van der Waals surface area contributed by atoms with E-state index in [4.69, 9.17) is 16.6 Å². The van der Waals surface area contributed by atoms with Crippen LogP contribution in [0.25, 0.3) is 39.3 Å². The van der Waals surface area contributed by atoms with Crippen molar-refractivity contribution in [2.75, 3.05) is 7.11 Å². The molecule has 0 fully saturated rings. The van der Waals surface area contributed by atoms with Crippen LogP contribution in [0.3, 0.4) is 0 Å². The molecule has 4 aromatic rings. The predicted octanol–water partition coefficient (Wildman–Crippen LogP) is 4.62. The zero-order valence-electron chi connectivity index (χ0n) is 13.9. The van der Waals surface area contributed by atoms with Crippen molar-refractivity contribution in [1.29, 1.82) is 0 Å². The summed E-state index contributed by atoms with van der Waals surface area (Å²) >= 11 is 6.45. The van der Waals surface area contributed by atoms with Crippen molar-refractivity contribution >= 4 is 45.6 Å². The average Bonchev–Trinajstić information content (AvgIpc) is 3.03. The quantitative estimate of drug-likeness (QED) is 0.426. The van der Waals surface area contributed by atoms with Gasteiger partial charge in [-0.25, -0.2) is 14.8 Å². The Kier molecular flexibility index (Phi) is 4.14. The number of aromatic nitrogens is 3. The lowest BCUT2D eigenvalue weighted by molar-refractivity contribution is -0.134. The van der Waals surface area contributed by atoms with E-state index in [2.05, 4.69) is 14.7 Å². The van der Waals surface area contributed by atoms with Crippen LogP contribution >= 0.6 is 11.6 Å². The van der Waals surface area contributed by atoms with E-state index in [9.17, 15) is 4.79 Å². The zero-order chi connectivity index (χ0) is 18.1. The lowest BCUT2D eigenvalue weighted by atomic mass is 10.1. The van der Waals surface area contributed by atoms with Gasteiger partial charge >= 0.3 is 5.97 Å². The first-order chi connectivity index (χ1) is 12.7. The summed E-state index contributed by atoms with van der Waals surface area (Å²) in [6.07, 6.45) is 3.02. The van der Waals surface area contributed by atoms with Gasteiger partial charge in [0.15, 0.2) is 5.15 Å². The van der Waals surface area contributed by atoms with Crippen molar-refractivity contribution in [1.82, 2.24) is 15.0 Å². The van der Waals surface area contributed by atoms with E-state index >= 15 is 0 Å². The highest BCUT2D eigenvalue weighted by Gasteiger charge is 2.17. The summed E-state index contributed by atoms with van der Waals surface area (Å²) < 4.78 is 4.68. The Balaban J connectivity index is 1.99. The van der Waals surface area contributed by atoms with Crippen LogP contribution in [-0.2, 0) is 9.53 Å². The maximum Gasteiger partial charge on any atom is 0.330 e. The van der Waals surface area contributed by atoms with Gasteiger partial charge in [-0.2, -0.15) is 0 Å². The minimum absolute atomic E-state index is 0.307. The fourth-order valence-electron chi connectivity index (χ4n) is 2.90. The fourth-order valence-corrected chi connectivity index (χ4v) is 3.13. The van der Waals surface area contributed by atoms with Gasteiger partial charge in [0.1, 0.15) is 5.69 Å². The molecule has 0 aliphatic carbocycles. The van der Waals surface area contributed by atoms with E-state index in [0.717, 1.165) is 27.5 Å². The number of methoxy groups -OCH3 is 1. The van der Waals surface area contributed by atoms with Crippen LogP contribution in [0.1, 0.15) is 5.69 Å². The molecule has 0 bridgehead atoms. The van der Waals surface area contributed by atoms with E-state index in [1.807, 2.05) is 48.5 Å². The number of carbonyl (C=O) groups is 1. The number of hydrogen-bond acceptors (Lipinski definition) is 4. The summed E-state index contributed by atoms with van der Waals surface area (Å²) in [6.45, 7) is 0. The molecule has 2 aromatic heterocycles. The van der Waals surface area contributed by atoms with Gasteiger partial charge in [-0.3, -0.25) is 0 Å². The number of rotatable bonds is 3. The summed E-state index contributed by atoms with van der Waals surface area (Å²) in [5.41, 5.74) is 4.46. The minimum atomic E-state index is -0.440. The molecule has 2 heterocycles. The SMILES string of the molecule is COC(=O)/C=C/c1[nH]c2ccccc2c1-c1nc2ccccc2nc1Cl. The van der Waals surface area contributed by atoms with Crippen molar-refractivity contribution in [3.63, 3.8) is 0 Å². The standard InChI is InChI=1S/C20H14ClN3O2/c1-26-17(25)11-10-16-18(12-6-2-3-7-13(12)22-16)19-20(21)24-15-9-5-4-8-14(15)23-19/h2-11,22H,1H3/b11-10+. The number of nitrogens with one attached hydrogen (secondary N) is 1. The first kappa shape index (κ1) is 16.3. The summed E-state index contributed by atoms with van der Waals surface area (Å²) in [7, 11) is 1.34. The number of aromatic amines is 1. The van der Waals surface area contributed by atoms with Crippen LogP contribution in [0.4, 0.5) is 0 Å². The Morgan fingerprint density at radius 1 is 1.08 bits per heavy atom. The predicted molar refractivity (Wildman–Crippen MR) is 103 cm³/mol. The van der Waals surface area contributed by atoms with Crippen molar-refractivity contribution in [2.24, 2.45) is 0 Å². The Morgan fingerprint density at radius 2 is 1.77 bits per heavy atom. The zero-order valence-corrected chi connectivity index (χ0v) is 14.6. The van der Waals surface area contributed by atoms with Crippen LogP contribution in [0.2, 0.25) is 5.15 Å². The highest BCUT2D eigenvalue weighted by molar-refractivity contribution is 6.32. The smallest absolute Gasteiger partial charge is 0.330 e. The summed E-state index contributed by atoms with van der Waals surface area (Å²) in [6, 6.07) is 15.4. The van der Waals surface area contributed by atoms with Crippen molar-refractivity contribution in [3.05, 3.63) is 65.5 Å². The maximum atomic E-state index is 11.5. The lowest BCUT2D eigenvalue weighted by Crippen LogP contribution is -1.95. The molecule has 0 aliphatic rings. The average molecular weight is 364 g/mol. The third kappa shape index (κ3) is 2.82. The molecule has 0 unspecified atom stereocenters. The van der Waals surface area contributed by atoms with Gasteiger partial charge in [-0.15, -0.1) is 0 Å². The minimum Gasteiger partial charge on any atom is -0.466 e. The number of H-pyrrole nitrogens is 1. The Bertz CT molecular complexity index is 1160. The molecule has 26 heavy (non-hydrogen) atoms. The van der Waals surface area contributed by atoms with Crippen molar-refractivity contribution in [2.45, 2.75) is 0 Å². The van der Waals surface area contributed by atoms with Crippen molar-refractivity contribution in [3.8, 4) is 11.3 Å². The van der Waals surface area contributed by atoms with Gasteiger partial charge in [0.05, 0.1) is 18.1 Å². The van der Waals surface area contributed by atoms with Crippen LogP contribution in [0.5, 0.6) is 0 Å². The molecule has 0 amide bonds. The third-order valence-electron chi connectivity index (χ3n) is 4.09. The number of benzene rings is 2. The highest BCUT2D eigenvalue weighted by atomic mass is 35.5. The van der Waals surface area contributed by atoms with Crippen molar-refractivity contribution < 1.29 is 9.53 Å². The molecule has 128 valence electrons. The van der Waals surface area contributed by atoms with Gasteiger partial charge in [-0.1, -0.05) is 41.9 Å². The van der Waals surface area contributed by atoms with Gasteiger partial charge in [0, 0.05) is 28.2 Å². The molecule has 6 heteroatoms. The molecule has 0 saturated carbocycles. The molecule has 1 N–H and O–H groups in total. The number of fused-ring (bicyclic) bond motifs is 2. The molecule has 0 aliphatic heterocycles. The Hall–Kier alpha value is -3.18. The monoisotopic (exact) mass is 363 g/mol. The van der Waals surface area contributed by atoms with Gasteiger partial charge in [-0.05, 0) is 24.3 Å². The Labute approximate surface area is 154 Å². The molecule has 2 aromatic carbocycles. The number of hydrogen-bond donors (Lipinski definition) is 1. The summed E-state index contributed by atoms with van der Waals surface area (Å²) in [4.78, 5) is 24.0. The molecule has 0 radical (unpaired) electrons. The number of carbonyl (C=O) groups excluding carboxylic acids is 1. The number of halogens is 1. The molecule has 5 nitrogen and oxygen atoms in total. The number of esters is 1. The molecular formula is C20H14ClN3O2. The maximum absolute atomic E-state index is 11.5. The largest absolute Gasteiger partial charge is 0.466 e. The van der Waals surface area contributed by atoms with Crippen LogP contribution < -0.4 is 0 Å². The normalized spacial score (nSPS) is 11.5. The van der Waals surface area contributed by atoms with Gasteiger partial charge in [0.2, 0.25) is 0 Å². The second kappa shape index (κ2) is 6.61. The first-order valence-corrected chi connectivity index (χ1v) is 8.34. The molecule has 4 rings (SSSR count). The summed E-state index contributed by atoms with van der Waals surface area (Å²) in [5, 5.41) is 1.25. The topological polar surface area (TPSA) is 67.9 Å². The number of ether oxygens (including phenoxy) is 1.